The molecule has 3 rings (SSSR count). The van der Waals surface area contributed by atoms with Crippen LogP contribution in [-0.2, 0) is 0 Å². The maximum absolute atomic E-state index is 13.9. The summed E-state index contributed by atoms with van der Waals surface area (Å²) in [5.41, 5.74) is 1.59. The molecule has 1 N–H and O–H groups in total. The predicted molar refractivity (Wildman–Crippen MR) is 70.9 cm³/mol. The van der Waals surface area contributed by atoms with E-state index in [0.717, 1.165) is 19.0 Å². The Morgan fingerprint density at radius 2 is 1.74 bits per heavy atom. The molecule has 1 aliphatic rings. The Bertz CT molecular complexity index is 568. The normalized spacial score (nSPS) is 22.6. The van der Waals surface area contributed by atoms with Crippen molar-refractivity contribution in [2.45, 2.75) is 18.4 Å². The van der Waals surface area contributed by atoms with Crippen molar-refractivity contribution >= 4 is 0 Å². The number of halogens is 2. The maximum Gasteiger partial charge on any atom is 0.163 e. The summed E-state index contributed by atoms with van der Waals surface area (Å²) in [6.45, 7) is 0.820. The molecule has 0 aromatic heterocycles. The molecule has 0 spiro atoms. The van der Waals surface area contributed by atoms with Gasteiger partial charge in [0.05, 0.1) is 0 Å². The van der Waals surface area contributed by atoms with Gasteiger partial charge in [-0.25, -0.2) is 8.78 Å². The predicted octanol–water partition coefficient (Wildman–Crippen LogP) is 3.78. The third kappa shape index (κ3) is 2.26. The van der Waals surface area contributed by atoms with Crippen molar-refractivity contribution in [3.63, 3.8) is 0 Å². The lowest BCUT2D eigenvalue weighted by Gasteiger charge is -2.21. The highest BCUT2D eigenvalue weighted by molar-refractivity contribution is 5.31. The van der Waals surface area contributed by atoms with Crippen molar-refractivity contribution in [2.24, 2.45) is 0 Å². The van der Waals surface area contributed by atoms with Crippen molar-refractivity contribution in [1.82, 2.24) is 5.32 Å². The molecule has 1 aliphatic heterocycles. The van der Waals surface area contributed by atoms with Gasteiger partial charge in [0.1, 0.15) is 0 Å². The number of benzene rings is 2. The average Bonchev–Trinajstić information content (AvgIpc) is 2.92. The highest BCUT2D eigenvalue weighted by Gasteiger charge is 2.31. The monoisotopic (exact) mass is 259 g/mol. The van der Waals surface area contributed by atoms with Gasteiger partial charge in [0.2, 0.25) is 0 Å². The summed E-state index contributed by atoms with van der Waals surface area (Å²) < 4.78 is 27.3. The molecule has 0 aliphatic carbocycles. The molecular formula is C16H15F2N. The molecule has 1 saturated heterocycles. The molecule has 2 aromatic carbocycles. The Hall–Kier alpha value is -1.74. The lowest BCUT2D eigenvalue weighted by Crippen LogP contribution is -2.18. The average molecular weight is 259 g/mol. The first kappa shape index (κ1) is 12.3. The number of nitrogens with one attached hydrogen (secondary N) is 1. The fraction of sp³-hybridized carbons (Fsp3) is 0.250. The second-order valence-electron chi connectivity index (χ2n) is 4.88. The zero-order valence-electron chi connectivity index (χ0n) is 10.4. The highest BCUT2D eigenvalue weighted by Crippen LogP contribution is 2.38. The van der Waals surface area contributed by atoms with E-state index in [-0.39, 0.29) is 12.0 Å². The smallest absolute Gasteiger partial charge is 0.163 e. The molecule has 2 aromatic rings. The van der Waals surface area contributed by atoms with Gasteiger partial charge < -0.3 is 5.32 Å². The van der Waals surface area contributed by atoms with Crippen molar-refractivity contribution in [3.8, 4) is 0 Å². The Kier molecular flexibility index (Phi) is 3.30. The molecule has 0 bridgehead atoms. The van der Waals surface area contributed by atoms with Crippen molar-refractivity contribution in [1.29, 1.82) is 0 Å². The second kappa shape index (κ2) is 5.10. The van der Waals surface area contributed by atoms with E-state index in [2.05, 4.69) is 5.32 Å². The molecule has 0 radical (unpaired) electrons. The van der Waals surface area contributed by atoms with Crippen LogP contribution in [-0.4, -0.2) is 6.54 Å². The van der Waals surface area contributed by atoms with Gasteiger partial charge in [-0.2, -0.15) is 0 Å². The first-order valence-corrected chi connectivity index (χ1v) is 6.49. The fourth-order valence-electron chi connectivity index (χ4n) is 2.85. The summed E-state index contributed by atoms with van der Waals surface area (Å²) in [6.07, 6.45) is 0.935. The second-order valence-corrected chi connectivity index (χ2v) is 4.88. The Morgan fingerprint density at radius 3 is 2.53 bits per heavy atom. The Morgan fingerprint density at radius 1 is 0.947 bits per heavy atom. The van der Waals surface area contributed by atoms with E-state index in [1.165, 1.54) is 5.56 Å². The van der Waals surface area contributed by atoms with Gasteiger partial charge in [0, 0.05) is 17.5 Å². The van der Waals surface area contributed by atoms with Crippen LogP contribution in [0.2, 0.25) is 0 Å². The highest BCUT2D eigenvalue weighted by atomic mass is 19.2. The van der Waals surface area contributed by atoms with E-state index in [1.54, 1.807) is 12.1 Å². The van der Waals surface area contributed by atoms with Crippen molar-refractivity contribution < 1.29 is 8.78 Å². The van der Waals surface area contributed by atoms with Gasteiger partial charge >= 0.3 is 0 Å². The van der Waals surface area contributed by atoms with Gasteiger partial charge in [0.25, 0.3) is 0 Å². The minimum Gasteiger partial charge on any atom is -0.309 e. The summed E-state index contributed by atoms with van der Waals surface area (Å²) in [4.78, 5) is 0. The number of hydrogen-bond donors (Lipinski definition) is 1. The summed E-state index contributed by atoms with van der Waals surface area (Å²) in [5, 5.41) is 3.28. The van der Waals surface area contributed by atoms with Crippen LogP contribution in [0.4, 0.5) is 8.78 Å². The van der Waals surface area contributed by atoms with Gasteiger partial charge in [0.15, 0.2) is 11.6 Å². The lowest BCUT2D eigenvalue weighted by atomic mass is 9.88. The Labute approximate surface area is 111 Å². The van der Waals surface area contributed by atoms with Crippen LogP contribution >= 0.6 is 0 Å². The molecule has 2 atom stereocenters. The largest absolute Gasteiger partial charge is 0.309 e. The maximum atomic E-state index is 13.9. The minimum absolute atomic E-state index is 0.155. The molecule has 0 saturated carbocycles. The van der Waals surface area contributed by atoms with E-state index in [0.29, 0.717) is 5.56 Å². The number of hydrogen-bond acceptors (Lipinski definition) is 1. The third-order valence-corrected chi connectivity index (χ3v) is 3.77. The van der Waals surface area contributed by atoms with Gasteiger partial charge in [-0.1, -0.05) is 42.5 Å². The molecule has 1 nitrogen and oxygen atoms in total. The molecule has 0 amide bonds. The standard InChI is InChI=1S/C16H15F2N/c17-14-8-4-7-13(15(14)18)16-12(9-10-19-16)11-5-2-1-3-6-11/h1-8,12,16,19H,9-10H2. The van der Waals surface area contributed by atoms with Gasteiger partial charge in [-0.3, -0.25) is 0 Å². The van der Waals surface area contributed by atoms with Crippen LogP contribution in [0.25, 0.3) is 0 Å². The van der Waals surface area contributed by atoms with Crippen LogP contribution in [0.15, 0.2) is 48.5 Å². The summed E-state index contributed by atoms with van der Waals surface area (Å²) in [7, 11) is 0. The minimum atomic E-state index is -0.780. The van der Waals surface area contributed by atoms with Gasteiger partial charge in [-0.15, -0.1) is 0 Å². The summed E-state index contributed by atoms with van der Waals surface area (Å²) in [5.74, 6) is -1.32. The summed E-state index contributed by atoms with van der Waals surface area (Å²) >= 11 is 0. The zero-order chi connectivity index (χ0) is 13.2. The van der Waals surface area contributed by atoms with Crippen LogP contribution in [0, 0.1) is 11.6 Å². The van der Waals surface area contributed by atoms with Crippen molar-refractivity contribution in [2.75, 3.05) is 6.54 Å². The zero-order valence-corrected chi connectivity index (χ0v) is 10.4. The van der Waals surface area contributed by atoms with E-state index in [1.807, 2.05) is 30.3 Å². The van der Waals surface area contributed by atoms with E-state index >= 15 is 0 Å². The van der Waals surface area contributed by atoms with Crippen LogP contribution in [0.3, 0.4) is 0 Å². The third-order valence-electron chi connectivity index (χ3n) is 3.77. The summed E-state index contributed by atoms with van der Waals surface area (Å²) in [6, 6.07) is 14.2. The molecule has 98 valence electrons. The molecule has 3 heteroatoms. The SMILES string of the molecule is Fc1cccc(C2NCCC2c2ccccc2)c1F. The molecule has 1 heterocycles. The Balaban J connectivity index is 1.98. The van der Waals surface area contributed by atoms with Crippen LogP contribution in [0.1, 0.15) is 29.5 Å². The quantitative estimate of drug-likeness (QED) is 0.865. The van der Waals surface area contributed by atoms with Crippen LogP contribution < -0.4 is 5.32 Å². The van der Waals surface area contributed by atoms with Crippen molar-refractivity contribution in [3.05, 3.63) is 71.3 Å². The molecule has 1 fully saturated rings. The number of rotatable bonds is 2. The van der Waals surface area contributed by atoms with E-state index in [4.69, 9.17) is 0 Å². The first-order chi connectivity index (χ1) is 9.27. The molecule has 19 heavy (non-hydrogen) atoms. The van der Waals surface area contributed by atoms with E-state index < -0.39 is 11.6 Å². The first-order valence-electron chi connectivity index (χ1n) is 6.49. The lowest BCUT2D eigenvalue weighted by molar-refractivity contribution is 0.470. The van der Waals surface area contributed by atoms with E-state index in [9.17, 15) is 8.78 Å². The fourth-order valence-corrected chi connectivity index (χ4v) is 2.85. The topological polar surface area (TPSA) is 12.0 Å². The molecule has 2 unspecified atom stereocenters. The molecular weight excluding hydrogens is 244 g/mol. The van der Waals surface area contributed by atoms with Gasteiger partial charge in [-0.05, 0) is 24.6 Å². The van der Waals surface area contributed by atoms with Crippen LogP contribution in [0.5, 0.6) is 0 Å².